The van der Waals surface area contributed by atoms with Gasteiger partial charge in [-0.3, -0.25) is 24.5 Å². The van der Waals surface area contributed by atoms with Gasteiger partial charge in [-0.25, -0.2) is 0 Å². The lowest BCUT2D eigenvalue weighted by molar-refractivity contribution is -0.136. The highest BCUT2D eigenvalue weighted by Gasteiger charge is 2.38. The minimum absolute atomic E-state index is 0.230. The molecule has 1 N–H and O–H groups in total. The SMILES string of the molecule is O=Cc1ccc2c(c1)CN(C1CCC(=O)NC1=O)C2=O. The minimum Gasteiger partial charge on any atom is -0.322 e. The quantitative estimate of drug-likeness (QED) is 0.618. The number of imide groups is 1. The van der Waals surface area contributed by atoms with Crippen molar-refractivity contribution in [2.24, 2.45) is 0 Å². The fourth-order valence-electron chi connectivity index (χ4n) is 2.67. The van der Waals surface area contributed by atoms with Gasteiger partial charge in [0.15, 0.2) is 0 Å². The van der Waals surface area contributed by atoms with Gasteiger partial charge in [0.2, 0.25) is 11.8 Å². The Bertz CT molecular complexity index is 638. The highest BCUT2D eigenvalue weighted by atomic mass is 16.2. The number of fused-ring (bicyclic) bond motifs is 1. The number of carbonyl (C=O) groups excluding carboxylic acids is 4. The van der Waals surface area contributed by atoms with Crippen molar-refractivity contribution in [2.75, 3.05) is 0 Å². The zero-order valence-electron chi connectivity index (χ0n) is 10.6. The summed E-state index contributed by atoms with van der Waals surface area (Å²) in [5.41, 5.74) is 1.76. The van der Waals surface area contributed by atoms with Crippen molar-refractivity contribution in [1.29, 1.82) is 0 Å². The van der Waals surface area contributed by atoms with Crippen LogP contribution >= 0.6 is 0 Å². The first-order valence-corrected chi connectivity index (χ1v) is 6.33. The summed E-state index contributed by atoms with van der Waals surface area (Å²) >= 11 is 0. The van der Waals surface area contributed by atoms with E-state index in [4.69, 9.17) is 0 Å². The average molecular weight is 272 g/mol. The van der Waals surface area contributed by atoms with Gasteiger partial charge in [0.05, 0.1) is 0 Å². The fraction of sp³-hybridized carbons (Fsp3) is 0.286. The van der Waals surface area contributed by atoms with Crippen LogP contribution in [0.5, 0.6) is 0 Å². The molecule has 0 radical (unpaired) electrons. The summed E-state index contributed by atoms with van der Waals surface area (Å²) in [5.74, 6) is -0.969. The molecule has 6 heteroatoms. The summed E-state index contributed by atoms with van der Waals surface area (Å²) in [7, 11) is 0. The third kappa shape index (κ3) is 1.89. The number of aldehydes is 1. The summed E-state index contributed by atoms with van der Waals surface area (Å²) in [6.45, 7) is 0.294. The van der Waals surface area contributed by atoms with E-state index in [1.807, 2.05) is 0 Å². The molecule has 3 rings (SSSR count). The predicted octanol–water partition coefficient (Wildman–Crippen LogP) is 0.260. The summed E-state index contributed by atoms with van der Waals surface area (Å²) < 4.78 is 0. The Morgan fingerprint density at radius 2 is 2.05 bits per heavy atom. The van der Waals surface area contributed by atoms with Crippen molar-refractivity contribution in [3.63, 3.8) is 0 Å². The van der Waals surface area contributed by atoms with E-state index in [2.05, 4.69) is 5.32 Å². The summed E-state index contributed by atoms with van der Waals surface area (Å²) in [5, 5.41) is 2.25. The van der Waals surface area contributed by atoms with Crippen molar-refractivity contribution < 1.29 is 19.2 Å². The molecule has 1 saturated heterocycles. The number of nitrogens with one attached hydrogen (secondary N) is 1. The molecule has 0 saturated carbocycles. The standard InChI is InChI=1S/C14H12N2O4/c17-7-8-1-2-10-9(5-8)6-16(14(10)20)11-3-4-12(18)15-13(11)19/h1-2,5,7,11H,3-4,6H2,(H,15,18,19). The smallest absolute Gasteiger partial charge is 0.255 e. The summed E-state index contributed by atoms with van der Waals surface area (Å²) in [6.07, 6.45) is 1.29. The Morgan fingerprint density at radius 3 is 2.75 bits per heavy atom. The van der Waals surface area contributed by atoms with Gasteiger partial charge < -0.3 is 4.90 Å². The highest BCUT2D eigenvalue weighted by Crippen LogP contribution is 2.27. The van der Waals surface area contributed by atoms with Gasteiger partial charge >= 0.3 is 0 Å². The second-order valence-electron chi connectivity index (χ2n) is 4.93. The highest BCUT2D eigenvalue weighted by molar-refractivity contribution is 6.05. The number of benzene rings is 1. The molecule has 102 valence electrons. The van der Waals surface area contributed by atoms with Crippen LogP contribution in [-0.2, 0) is 16.1 Å². The van der Waals surface area contributed by atoms with Crippen LogP contribution in [0.2, 0.25) is 0 Å². The molecule has 2 aliphatic heterocycles. The molecule has 1 aromatic carbocycles. The molecule has 0 spiro atoms. The lowest BCUT2D eigenvalue weighted by Crippen LogP contribution is -2.52. The number of hydrogen-bond donors (Lipinski definition) is 1. The van der Waals surface area contributed by atoms with Gasteiger partial charge in [0.25, 0.3) is 5.91 Å². The molecule has 3 amide bonds. The molecular weight excluding hydrogens is 260 g/mol. The Hall–Kier alpha value is -2.50. The van der Waals surface area contributed by atoms with E-state index < -0.39 is 11.9 Å². The van der Waals surface area contributed by atoms with Crippen LogP contribution in [0.4, 0.5) is 0 Å². The lowest BCUT2D eigenvalue weighted by atomic mass is 10.0. The zero-order valence-corrected chi connectivity index (χ0v) is 10.6. The van der Waals surface area contributed by atoms with Crippen molar-refractivity contribution in [1.82, 2.24) is 10.2 Å². The Morgan fingerprint density at radius 1 is 1.25 bits per heavy atom. The third-order valence-electron chi connectivity index (χ3n) is 3.68. The van der Waals surface area contributed by atoms with Crippen LogP contribution in [0.25, 0.3) is 0 Å². The molecule has 0 aromatic heterocycles. The van der Waals surface area contributed by atoms with Crippen molar-refractivity contribution in [2.45, 2.75) is 25.4 Å². The predicted molar refractivity (Wildman–Crippen MR) is 67.9 cm³/mol. The molecule has 1 unspecified atom stereocenters. The van der Waals surface area contributed by atoms with Crippen LogP contribution < -0.4 is 5.32 Å². The summed E-state index contributed by atoms with van der Waals surface area (Å²) in [4.78, 5) is 47.5. The van der Waals surface area contributed by atoms with E-state index in [0.717, 1.165) is 11.8 Å². The van der Waals surface area contributed by atoms with Crippen molar-refractivity contribution >= 4 is 24.0 Å². The van der Waals surface area contributed by atoms with Gasteiger partial charge in [-0.1, -0.05) is 6.07 Å². The van der Waals surface area contributed by atoms with Crippen LogP contribution in [0.1, 0.15) is 39.1 Å². The van der Waals surface area contributed by atoms with Gasteiger partial charge in [-0.05, 0) is 24.1 Å². The monoisotopic (exact) mass is 272 g/mol. The number of rotatable bonds is 2. The summed E-state index contributed by atoms with van der Waals surface area (Å²) in [6, 6.07) is 4.23. The Labute approximate surface area is 114 Å². The molecule has 1 atom stereocenters. The molecule has 0 aliphatic carbocycles. The van der Waals surface area contributed by atoms with Gasteiger partial charge in [-0.2, -0.15) is 0 Å². The topological polar surface area (TPSA) is 83.6 Å². The van der Waals surface area contributed by atoms with E-state index in [0.29, 0.717) is 24.1 Å². The first-order chi connectivity index (χ1) is 9.60. The van der Waals surface area contributed by atoms with Gasteiger partial charge in [0.1, 0.15) is 12.3 Å². The molecule has 1 fully saturated rings. The molecular formula is C14H12N2O4. The van der Waals surface area contributed by atoms with Crippen LogP contribution in [0.3, 0.4) is 0 Å². The number of piperidine rings is 1. The van der Waals surface area contributed by atoms with E-state index >= 15 is 0 Å². The van der Waals surface area contributed by atoms with Crippen LogP contribution in [0.15, 0.2) is 18.2 Å². The second-order valence-corrected chi connectivity index (χ2v) is 4.93. The molecule has 1 aromatic rings. The molecule has 20 heavy (non-hydrogen) atoms. The fourth-order valence-corrected chi connectivity index (χ4v) is 2.67. The largest absolute Gasteiger partial charge is 0.322 e. The minimum atomic E-state index is -0.618. The second kappa shape index (κ2) is 4.56. The maximum atomic E-state index is 12.3. The zero-order chi connectivity index (χ0) is 14.3. The van der Waals surface area contributed by atoms with E-state index in [9.17, 15) is 19.2 Å². The first kappa shape index (κ1) is 12.5. The van der Waals surface area contributed by atoms with E-state index in [1.165, 1.54) is 4.90 Å². The average Bonchev–Trinajstić information content (AvgIpc) is 2.75. The normalized spacial score (nSPS) is 21.7. The van der Waals surface area contributed by atoms with Crippen molar-refractivity contribution in [3.05, 3.63) is 34.9 Å². The van der Waals surface area contributed by atoms with Gasteiger partial charge in [-0.15, -0.1) is 0 Å². The first-order valence-electron chi connectivity index (χ1n) is 6.33. The van der Waals surface area contributed by atoms with E-state index in [1.54, 1.807) is 18.2 Å². The third-order valence-corrected chi connectivity index (χ3v) is 3.68. The molecule has 2 heterocycles. The van der Waals surface area contributed by atoms with Crippen LogP contribution in [-0.4, -0.2) is 34.9 Å². The van der Waals surface area contributed by atoms with Crippen LogP contribution in [0, 0.1) is 0 Å². The van der Waals surface area contributed by atoms with Gasteiger partial charge in [0, 0.05) is 24.1 Å². The number of carbonyl (C=O) groups is 4. The molecule has 2 aliphatic rings. The molecule has 6 nitrogen and oxygen atoms in total. The molecule has 0 bridgehead atoms. The van der Waals surface area contributed by atoms with E-state index in [-0.39, 0.29) is 18.2 Å². The number of amides is 3. The maximum absolute atomic E-state index is 12.3. The van der Waals surface area contributed by atoms with Crippen molar-refractivity contribution in [3.8, 4) is 0 Å². The maximum Gasteiger partial charge on any atom is 0.255 e. The number of nitrogens with zero attached hydrogens (tertiary/aromatic N) is 1. The number of hydrogen-bond acceptors (Lipinski definition) is 4. The Kier molecular flexibility index (Phi) is 2.85. The lowest BCUT2D eigenvalue weighted by Gasteiger charge is -2.29. The Balaban J connectivity index is 1.88.